The second-order valence-electron chi connectivity index (χ2n) is 6.58. The summed E-state index contributed by atoms with van der Waals surface area (Å²) in [7, 11) is 0. The van der Waals surface area contributed by atoms with Gasteiger partial charge in [-0.25, -0.2) is 4.98 Å². The van der Waals surface area contributed by atoms with E-state index in [9.17, 15) is 4.79 Å². The Morgan fingerprint density at radius 2 is 1.96 bits per heavy atom. The Labute approximate surface area is 139 Å². The second-order valence-corrected chi connectivity index (χ2v) is 6.58. The highest BCUT2D eigenvalue weighted by Crippen LogP contribution is 2.36. The highest BCUT2D eigenvalue weighted by molar-refractivity contribution is 6.20. The van der Waals surface area contributed by atoms with E-state index in [1.807, 2.05) is 24.4 Å². The molecule has 0 saturated carbocycles. The fraction of sp³-hybridized carbons (Fsp3) is 0.316. The lowest BCUT2D eigenvalue weighted by Crippen LogP contribution is -2.29. The molecule has 0 bridgehead atoms. The van der Waals surface area contributed by atoms with Crippen molar-refractivity contribution in [3.63, 3.8) is 0 Å². The molecule has 1 amide bonds. The molecule has 120 valence electrons. The molecular weight excluding hydrogens is 300 g/mol. The maximum atomic E-state index is 12.4. The van der Waals surface area contributed by atoms with Crippen molar-refractivity contribution >= 4 is 33.3 Å². The van der Waals surface area contributed by atoms with Gasteiger partial charge in [-0.2, -0.15) is 5.10 Å². The van der Waals surface area contributed by atoms with Crippen molar-refractivity contribution in [2.45, 2.75) is 32.1 Å². The van der Waals surface area contributed by atoms with E-state index in [0.717, 1.165) is 53.4 Å². The summed E-state index contributed by atoms with van der Waals surface area (Å²) in [5.41, 5.74) is 6.24. The molecule has 0 atom stereocenters. The van der Waals surface area contributed by atoms with E-state index in [1.165, 1.54) is 22.9 Å². The number of H-pyrrole nitrogens is 1. The van der Waals surface area contributed by atoms with E-state index in [-0.39, 0.29) is 5.91 Å². The van der Waals surface area contributed by atoms with Crippen molar-refractivity contribution in [2.24, 2.45) is 0 Å². The van der Waals surface area contributed by atoms with Crippen LogP contribution < -0.4 is 5.32 Å². The predicted molar refractivity (Wildman–Crippen MR) is 93.6 cm³/mol. The standard InChI is InChI=1S/C19H18N4O/c24-19-13(6-3-9-20-19)18-12-5-2-1-4-11(12)17-14-10-21-23-15(14)7-8-16(17)22-18/h6-8,10H,1-5,9H2,(H,20,24)(H,21,23). The van der Waals surface area contributed by atoms with E-state index in [4.69, 9.17) is 4.98 Å². The van der Waals surface area contributed by atoms with Gasteiger partial charge in [-0.15, -0.1) is 0 Å². The number of nitrogens with one attached hydrogen (secondary N) is 2. The number of carbonyl (C=O) groups is 1. The average Bonchev–Trinajstić information content (AvgIpc) is 3.10. The number of rotatable bonds is 1. The molecule has 2 aliphatic rings. The topological polar surface area (TPSA) is 70.7 Å². The molecule has 2 N–H and O–H groups in total. The van der Waals surface area contributed by atoms with E-state index < -0.39 is 0 Å². The van der Waals surface area contributed by atoms with Crippen LogP contribution in [0.4, 0.5) is 0 Å². The number of aryl methyl sites for hydroxylation is 1. The van der Waals surface area contributed by atoms with Crippen LogP contribution >= 0.6 is 0 Å². The third kappa shape index (κ3) is 1.90. The van der Waals surface area contributed by atoms with Gasteiger partial charge in [0, 0.05) is 17.3 Å². The number of aromatic amines is 1. The molecule has 0 fully saturated rings. The SMILES string of the molecule is O=C1NCCC=C1c1nc2ccc3[nH]ncc3c2c2c1CCCC2. The van der Waals surface area contributed by atoms with Crippen molar-refractivity contribution in [3.05, 3.63) is 41.2 Å². The number of benzene rings is 1. The summed E-state index contributed by atoms with van der Waals surface area (Å²) in [5, 5.41) is 12.5. The van der Waals surface area contributed by atoms with E-state index in [2.05, 4.69) is 15.5 Å². The van der Waals surface area contributed by atoms with E-state index in [1.54, 1.807) is 0 Å². The molecule has 5 nitrogen and oxygen atoms in total. The van der Waals surface area contributed by atoms with Crippen molar-refractivity contribution < 1.29 is 4.79 Å². The maximum absolute atomic E-state index is 12.4. The monoisotopic (exact) mass is 318 g/mol. The van der Waals surface area contributed by atoms with Crippen LogP contribution in [0.1, 0.15) is 36.1 Å². The molecule has 3 heterocycles. The lowest BCUT2D eigenvalue weighted by molar-refractivity contribution is -0.115. The van der Waals surface area contributed by atoms with Crippen molar-refractivity contribution in [2.75, 3.05) is 6.54 Å². The van der Waals surface area contributed by atoms with Gasteiger partial charge >= 0.3 is 0 Å². The first-order valence-electron chi connectivity index (χ1n) is 8.59. The number of carbonyl (C=O) groups excluding carboxylic acids is 1. The second kappa shape index (κ2) is 5.16. The smallest absolute Gasteiger partial charge is 0.253 e. The molecule has 2 aromatic heterocycles. The van der Waals surface area contributed by atoms with Gasteiger partial charge in [0.1, 0.15) is 0 Å². The molecular formula is C19H18N4O. The van der Waals surface area contributed by atoms with Crippen LogP contribution in [-0.2, 0) is 17.6 Å². The summed E-state index contributed by atoms with van der Waals surface area (Å²) < 4.78 is 0. The predicted octanol–water partition coefficient (Wildman–Crippen LogP) is 2.89. The van der Waals surface area contributed by atoms with Gasteiger partial charge in [-0.05, 0) is 55.4 Å². The summed E-state index contributed by atoms with van der Waals surface area (Å²) in [5.74, 6) is 0.00487. The van der Waals surface area contributed by atoms with Crippen LogP contribution in [-0.4, -0.2) is 27.6 Å². The number of pyridine rings is 1. The summed E-state index contributed by atoms with van der Waals surface area (Å²) >= 11 is 0. The minimum atomic E-state index is 0.00487. The molecule has 0 saturated heterocycles. The fourth-order valence-electron chi connectivity index (χ4n) is 4.06. The number of hydrogen-bond acceptors (Lipinski definition) is 3. The zero-order valence-electron chi connectivity index (χ0n) is 13.4. The zero-order chi connectivity index (χ0) is 16.1. The summed E-state index contributed by atoms with van der Waals surface area (Å²) in [6, 6.07) is 4.06. The van der Waals surface area contributed by atoms with Crippen LogP contribution in [0.15, 0.2) is 24.4 Å². The van der Waals surface area contributed by atoms with Gasteiger partial charge < -0.3 is 5.32 Å². The molecule has 1 aliphatic carbocycles. The van der Waals surface area contributed by atoms with Gasteiger partial charge in [0.05, 0.1) is 28.5 Å². The minimum Gasteiger partial charge on any atom is -0.352 e. The molecule has 5 heteroatoms. The first-order valence-corrected chi connectivity index (χ1v) is 8.59. The Bertz CT molecular complexity index is 1020. The minimum absolute atomic E-state index is 0.00487. The number of hydrogen-bond donors (Lipinski definition) is 2. The Morgan fingerprint density at radius 1 is 1.08 bits per heavy atom. The Kier molecular flexibility index (Phi) is 2.95. The van der Waals surface area contributed by atoms with Gasteiger partial charge in [0.15, 0.2) is 0 Å². The Balaban J connectivity index is 1.87. The van der Waals surface area contributed by atoms with Gasteiger partial charge in [0.25, 0.3) is 5.91 Å². The fourth-order valence-corrected chi connectivity index (χ4v) is 4.06. The first-order chi connectivity index (χ1) is 11.8. The van der Waals surface area contributed by atoms with E-state index >= 15 is 0 Å². The largest absolute Gasteiger partial charge is 0.352 e. The molecule has 0 spiro atoms. The summed E-state index contributed by atoms with van der Waals surface area (Å²) in [6.07, 6.45) is 9.18. The lowest BCUT2D eigenvalue weighted by atomic mass is 9.85. The van der Waals surface area contributed by atoms with Gasteiger partial charge in [-0.1, -0.05) is 6.08 Å². The normalized spacial score (nSPS) is 17.7. The number of nitrogens with zero attached hydrogens (tertiary/aromatic N) is 2. The number of fused-ring (bicyclic) bond motifs is 5. The zero-order valence-corrected chi connectivity index (χ0v) is 13.4. The van der Waals surface area contributed by atoms with Crippen LogP contribution in [0.25, 0.3) is 27.4 Å². The average molecular weight is 318 g/mol. The number of aromatic nitrogens is 3. The molecule has 3 aromatic rings. The Hall–Kier alpha value is -2.69. The molecule has 0 radical (unpaired) electrons. The Morgan fingerprint density at radius 3 is 2.83 bits per heavy atom. The third-order valence-corrected chi connectivity index (χ3v) is 5.17. The summed E-state index contributed by atoms with van der Waals surface area (Å²) in [6.45, 7) is 0.716. The van der Waals surface area contributed by atoms with Gasteiger partial charge in [0.2, 0.25) is 0 Å². The van der Waals surface area contributed by atoms with Crippen LogP contribution in [0.2, 0.25) is 0 Å². The van der Waals surface area contributed by atoms with Gasteiger partial charge in [-0.3, -0.25) is 9.89 Å². The summed E-state index contributed by atoms with van der Waals surface area (Å²) in [4.78, 5) is 17.3. The van der Waals surface area contributed by atoms with Crippen molar-refractivity contribution in [1.82, 2.24) is 20.5 Å². The number of amides is 1. The van der Waals surface area contributed by atoms with Crippen LogP contribution in [0, 0.1) is 0 Å². The first kappa shape index (κ1) is 13.7. The third-order valence-electron chi connectivity index (χ3n) is 5.17. The molecule has 5 rings (SSSR count). The van der Waals surface area contributed by atoms with Crippen LogP contribution in [0.3, 0.4) is 0 Å². The maximum Gasteiger partial charge on any atom is 0.253 e. The van der Waals surface area contributed by atoms with Crippen molar-refractivity contribution in [3.8, 4) is 0 Å². The quantitative estimate of drug-likeness (QED) is 0.725. The molecule has 1 aliphatic heterocycles. The van der Waals surface area contributed by atoms with Crippen molar-refractivity contribution in [1.29, 1.82) is 0 Å². The molecule has 0 unspecified atom stereocenters. The highest BCUT2D eigenvalue weighted by Gasteiger charge is 2.25. The molecule has 1 aromatic carbocycles. The molecule has 24 heavy (non-hydrogen) atoms. The lowest BCUT2D eigenvalue weighted by Gasteiger charge is -2.23. The van der Waals surface area contributed by atoms with E-state index in [0.29, 0.717) is 6.54 Å². The van der Waals surface area contributed by atoms with Crippen LogP contribution in [0.5, 0.6) is 0 Å². The highest BCUT2D eigenvalue weighted by atomic mass is 16.1.